The van der Waals surface area contributed by atoms with Gasteiger partial charge in [-0.25, -0.2) is 0 Å². The number of rotatable bonds is 5. The average Bonchev–Trinajstić information content (AvgIpc) is 2.82. The predicted octanol–water partition coefficient (Wildman–Crippen LogP) is 2.10. The molecular weight excluding hydrogens is 226 g/mol. The predicted molar refractivity (Wildman–Crippen MR) is 71.1 cm³/mol. The zero-order valence-electron chi connectivity index (χ0n) is 11.4. The van der Waals surface area contributed by atoms with Crippen molar-refractivity contribution in [2.45, 2.75) is 45.4 Å². The van der Waals surface area contributed by atoms with Crippen molar-refractivity contribution < 1.29 is 14.5 Å². The molecule has 0 bridgehead atoms. The Bertz CT molecular complexity index is 372. The average molecular weight is 250 g/mol. The summed E-state index contributed by atoms with van der Waals surface area (Å²) in [5.41, 5.74) is 1.25. The van der Waals surface area contributed by atoms with Gasteiger partial charge in [0.15, 0.2) is 5.76 Å². The highest BCUT2D eigenvalue weighted by molar-refractivity contribution is 5.01. The molecule has 1 saturated heterocycles. The summed E-state index contributed by atoms with van der Waals surface area (Å²) in [6.45, 7) is 10.2. The van der Waals surface area contributed by atoms with Gasteiger partial charge in [0, 0.05) is 5.92 Å². The van der Waals surface area contributed by atoms with Crippen LogP contribution in [0, 0.1) is 5.92 Å². The minimum Gasteiger partial charge on any atom is -0.463 e. The number of hydrogen-bond acceptors (Lipinski definition) is 2. The Labute approximate surface area is 109 Å². The van der Waals surface area contributed by atoms with E-state index in [9.17, 15) is 0 Å². The summed E-state index contributed by atoms with van der Waals surface area (Å²) in [6.07, 6.45) is 4.74. The fourth-order valence-electron chi connectivity index (χ4n) is 2.66. The summed E-state index contributed by atoms with van der Waals surface area (Å²) in [7, 11) is 0. The molecule has 3 atom stereocenters. The quantitative estimate of drug-likeness (QED) is 0.813. The van der Waals surface area contributed by atoms with E-state index in [4.69, 9.17) is 9.15 Å². The lowest BCUT2D eigenvalue weighted by atomic mass is 9.87. The molecule has 2 N–H and O–H groups in total. The second-order valence-electron chi connectivity index (χ2n) is 5.32. The third-order valence-corrected chi connectivity index (χ3v) is 3.70. The van der Waals surface area contributed by atoms with Gasteiger partial charge in [-0.05, 0) is 38.8 Å². The van der Waals surface area contributed by atoms with Gasteiger partial charge in [0.2, 0.25) is 0 Å². The second kappa shape index (κ2) is 6.21. The van der Waals surface area contributed by atoms with E-state index in [2.05, 4.69) is 25.7 Å². The Morgan fingerprint density at radius 3 is 3.00 bits per heavy atom. The van der Waals surface area contributed by atoms with E-state index in [0.29, 0.717) is 18.1 Å². The molecule has 2 heterocycles. The first-order valence-electron chi connectivity index (χ1n) is 6.81. The molecule has 0 saturated carbocycles. The highest BCUT2D eigenvalue weighted by atomic mass is 16.5. The first-order chi connectivity index (χ1) is 8.66. The van der Waals surface area contributed by atoms with Crippen LogP contribution in [0.5, 0.6) is 0 Å². The smallest absolute Gasteiger partial charge is 0.157 e. The summed E-state index contributed by atoms with van der Waals surface area (Å²) in [6, 6.07) is 3.94. The maximum absolute atomic E-state index is 6.06. The van der Waals surface area contributed by atoms with Crippen LogP contribution in [0.1, 0.15) is 32.4 Å². The lowest BCUT2D eigenvalue weighted by Crippen LogP contribution is -2.85. The molecule has 3 nitrogen and oxygen atoms in total. The van der Waals surface area contributed by atoms with Crippen LogP contribution in [0.4, 0.5) is 0 Å². The molecule has 1 aliphatic heterocycles. The minimum absolute atomic E-state index is 0.293. The highest BCUT2D eigenvalue weighted by Crippen LogP contribution is 2.28. The zero-order chi connectivity index (χ0) is 13.0. The largest absolute Gasteiger partial charge is 0.463 e. The Morgan fingerprint density at radius 1 is 1.50 bits per heavy atom. The van der Waals surface area contributed by atoms with Gasteiger partial charge in [-0.15, -0.1) is 0 Å². The molecular formula is C15H24NO2+. The fourth-order valence-corrected chi connectivity index (χ4v) is 2.66. The summed E-state index contributed by atoms with van der Waals surface area (Å²) in [5, 5.41) is 2.26. The van der Waals surface area contributed by atoms with Crippen LogP contribution < -0.4 is 5.32 Å². The molecule has 18 heavy (non-hydrogen) atoms. The van der Waals surface area contributed by atoms with E-state index in [1.54, 1.807) is 6.26 Å². The summed E-state index contributed by atoms with van der Waals surface area (Å²) >= 11 is 0. The maximum Gasteiger partial charge on any atom is 0.157 e. The van der Waals surface area contributed by atoms with Gasteiger partial charge in [0.05, 0.1) is 12.4 Å². The SMILES string of the molecule is C=C(C)[C@@H]1CC[C@@H](C)O[C@H]1C[NH2+]Cc1ccco1. The van der Waals surface area contributed by atoms with Gasteiger partial charge in [-0.2, -0.15) is 0 Å². The molecule has 2 rings (SSSR count). The molecule has 0 spiro atoms. The van der Waals surface area contributed by atoms with Gasteiger partial charge >= 0.3 is 0 Å². The van der Waals surface area contributed by atoms with Crippen LogP contribution in [0.15, 0.2) is 35.0 Å². The van der Waals surface area contributed by atoms with Crippen molar-refractivity contribution in [3.05, 3.63) is 36.3 Å². The van der Waals surface area contributed by atoms with Crippen LogP contribution in [0.3, 0.4) is 0 Å². The van der Waals surface area contributed by atoms with Crippen molar-refractivity contribution >= 4 is 0 Å². The van der Waals surface area contributed by atoms with Crippen molar-refractivity contribution in [1.29, 1.82) is 0 Å². The van der Waals surface area contributed by atoms with Crippen LogP contribution >= 0.6 is 0 Å². The number of quaternary nitrogens is 1. The molecule has 0 unspecified atom stereocenters. The molecule has 0 aromatic carbocycles. The second-order valence-corrected chi connectivity index (χ2v) is 5.32. The topological polar surface area (TPSA) is 39.0 Å². The van der Waals surface area contributed by atoms with Gasteiger partial charge in [0.1, 0.15) is 19.2 Å². The van der Waals surface area contributed by atoms with Crippen molar-refractivity contribution in [3.63, 3.8) is 0 Å². The van der Waals surface area contributed by atoms with Crippen LogP contribution in [-0.4, -0.2) is 18.8 Å². The molecule has 0 radical (unpaired) electrons. The van der Waals surface area contributed by atoms with Gasteiger partial charge < -0.3 is 14.5 Å². The first kappa shape index (κ1) is 13.4. The van der Waals surface area contributed by atoms with Gasteiger partial charge in [-0.1, -0.05) is 12.2 Å². The van der Waals surface area contributed by atoms with Crippen LogP contribution in [0.2, 0.25) is 0 Å². The molecule has 0 aliphatic carbocycles. The number of furan rings is 1. The van der Waals surface area contributed by atoms with Crippen LogP contribution in [-0.2, 0) is 11.3 Å². The molecule has 3 heteroatoms. The highest BCUT2D eigenvalue weighted by Gasteiger charge is 2.30. The van der Waals surface area contributed by atoms with Crippen molar-refractivity contribution in [3.8, 4) is 0 Å². The van der Waals surface area contributed by atoms with Gasteiger partial charge in [-0.3, -0.25) is 0 Å². The maximum atomic E-state index is 6.06. The summed E-state index contributed by atoms with van der Waals surface area (Å²) in [4.78, 5) is 0. The van der Waals surface area contributed by atoms with Gasteiger partial charge in [0.25, 0.3) is 0 Å². The lowest BCUT2D eigenvalue weighted by Gasteiger charge is -2.34. The third-order valence-electron chi connectivity index (χ3n) is 3.70. The van der Waals surface area contributed by atoms with E-state index in [0.717, 1.165) is 25.3 Å². The zero-order valence-corrected chi connectivity index (χ0v) is 11.4. The standard InChI is InChI=1S/C15H23NO2/c1-11(2)14-7-6-12(3)18-15(14)10-16-9-13-5-4-8-17-13/h4-5,8,12,14-16H,1,6-7,9-10H2,2-3H3/p+1/t12-,14+,15+/m1/s1. The Kier molecular flexibility index (Phi) is 4.61. The summed E-state index contributed by atoms with van der Waals surface area (Å²) < 4.78 is 11.4. The van der Waals surface area contributed by atoms with E-state index >= 15 is 0 Å². The number of nitrogens with two attached hydrogens (primary N) is 1. The lowest BCUT2D eigenvalue weighted by molar-refractivity contribution is -0.680. The van der Waals surface area contributed by atoms with E-state index in [1.807, 2.05) is 12.1 Å². The van der Waals surface area contributed by atoms with Crippen molar-refractivity contribution in [2.75, 3.05) is 6.54 Å². The fraction of sp³-hybridized carbons (Fsp3) is 0.600. The molecule has 1 fully saturated rings. The molecule has 1 aromatic heterocycles. The molecule has 100 valence electrons. The summed E-state index contributed by atoms with van der Waals surface area (Å²) in [5.74, 6) is 1.53. The normalized spacial score (nSPS) is 28.2. The van der Waals surface area contributed by atoms with Crippen molar-refractivity contribution in [2.24, 2.45) is 5.92 Å². The van der Waals surface area contributed by atoms with E-state index in [-0.39, 0.29) is 0 Å². The van der Waals surface area contributed by atoms with E-state index in [1.165, 1.54) is 12.0 Å². The first-order valence-corrected chi connectivity index (χ1v) is 6.81. The Morgan fingerprint density at radius 2 is 2.33 bits per heavy atom. The van der Waals surface area contributed by atoms with E-state index < -0.39 is 0 Å². The van der Waals surface area contributed by atoms with Crippen molar-refractivity contribution in [1.82, 2.24) is 0 Å². The number of ether oxygens (including phenoxy) is 1. The Balaban J connectivity index is 1.82. The monoisotopic (exact) mass is 250 g/mol. The Hall–Kier alpha value is -1.06. The third kappa shape index (κ3) is 3.47. The molecule has 1 aromatic rings. The minimum atomic E-state index is 0.293. The molecule has 0 amide bonds. The van der Waals surface area contributed by atoms with Crippen LogP contribution in [0.25, 0.3) is 0 Å². The molecule has 1 aliphatic rings. The number of hydrogen-bond donors (Lipinski definition) is 1.